The second-order valence-corrected chi connectivity index (χ2v) is 8.90. The Morgan fingerprint density at radius 3 is 2.67 bits per heavy atom. The zero-order valence-electron chi connectivity index (χ0n) is 19.2. The first-order valence-electron chi connectivity index (χ1n) is 11.7. The number of hydrogen-bond acceptors (Lipinski definition) is 7. The predicted molar refractivity (Wildman–Crippen MR) is 130 cm³/mol. The van der Waals surface area contributed by atoms with Crippen LogP contribution in [-0.4, -0.2) is 49.7 Å². The van der Waals surface area contributed by atoms with Gasteiger partial charge in [0.1, 0.15) is 11.5 Å². The Morgan fingerprint density at radius 2 is 1.92 bits per heavy atom. The van der Waals surface area contributed by atoms with Gasteiger partial charge in [-0.05, 0) is 37.1 Å². The Kier molecular flexibility index (Phi) is 5.48. The van der Waals surface area contributed by atoms with Crippen molar-refractivity contribution in [1.29, 1.82) is 0 Å². The Bertz CT molecular complexity index is 1450. The summed E-state index contributed by atoms with van der Waals surface area (Å²) in [5.41, 5.74) is 3.96. The molecule has 184 valence electrons. The van der Waals surface area contributed by atoms with Gasteiger partial charge in [0.15, 0.2) is 0 Å². The van der Waals surface area contributed by atoms with Crippen LogP contribution in [0.4, 0.5) is 26.0 Å². The standard InChI is InChI=1S/C25H23F2N7O2/c26-25(27)34-10-6-17-16(3-7-28-23(17)34)22-18-12-31-24(36)21(18)19(13-30-22)32-20-2-1-14(11-29-20)33-8-4-15(35)5-9-33/h1-3,6-7,10-11,13,15,25,35H,4-5,8-9,12H2,(H,29,32)(H,31,36). The van der Waals surface area contributed by atoms with Crippen LogP contribution in [0.15, 0.2) is 49.1 Å². The molecule has 1 fully saturated rings. The van der Waals surface area contributed by atoms with Gasteiger partial charge < -0.3 is 20.6 Å². The highest BCUT2D eigenvalue weighted by Crippen LogP contribution is 2.36. The summed E-state index contributed by atoms with van der Waals surface area (Å²) >= 11 is 0. The number of carbonyl (C=O) groups is 1. The Balaban J connectivity index is 1.32. The normalized spacial score (nSPS) is 16.0. The number of carbonyl (C=O) groups excluding carboxylic acids is 1. The van der Waals surface area contributed by atoms with Crippen molar-refractivity contribution in [2.24, 2.45) is 0 Å². The van der Waals surface area contributed by atoms with Crippen LogP contribution in [0.1, 0.15) is 35.3 Å². The highest BCUT2D eigenvalue weighted by Gasteiger charge is 2.28. The van der Waals surface area contributed by atoms with Crippen LogP contribution in [-0.2, 0) is 6.54 Å². The van der Waals surface area contributed by atoms with Crippen molar-refractivity contribution in [3.63, 3.8) is 0 Å². The van der Waals surface area contributed by atoms with E-state index in [9.17, 15) is 18.7 Å². The molecule has 1 saturated heterocycles. The summed E-state index contributed by atoms with van der Waals surface area (Å²) in [6.07, 6.45) is 7.32. The van der Waals surface area contributed by atoms with Gasteiger partial charge in [0.2, 0.25) is 0 Å². The van der Waals surface area contributed by atoms with Crippen molar-refractivity contribution < 1.29 is 18.7 Å². The van der Waals surface area contributed by atoms with Crippen LogP contribution in [0.2, 0.25) is 0 Å². The van der Waals surface area contributed by atoms with Crippen molar-refractivity contribution >= 4 is 34.1 Å². The van der Waals surface area contributed by atoms with Crippen LogP contribution in [0, 0.1) is 0 Å². The van der Waals surface area contributed by atoms with E-state index in [2.05, 4.69) is 30.5 Å². The third-order valence-corrected chi connectivity index (χ3v) is 6.75. The molecule has 4 aromatic rings. The average molecular weight is 492 g/mol. The number of aliphatic hydroxyl groups excluding tert-OH is 1. The van der Waals surface area contributed by atoms with Crippen molar-refractivity contribution in [3.05, 3.63) is 60.2 Å². The number of anilines is 3. The SMILES string of the molecule is O=C1NCc2c(-c3ccnc4c3ccn4C(F)F)ncc(Nc3ccc(N4CCC(O)CC4)cn3)c21. The molecule has 0 spiro atoms. The van der Waals surface area contributed by atoms with Gasteiger partial charge in [0.25, 0.3) is 5.91 Å². The van der Waals surface area contributed by atoms with Crippen molar-refractivity contribution in [3.8, 4) is 11.3 Å². The maximum Gasteiger partial charge on any atom is 0.320 e. The van der Waals surface area contributed by atoms with Crippen LogP contribution in [0.3, 0.4) is 0 Å². The van der Waals surface area contributed by atoms with Gasteiger partial charge >= 0.3 is 6.55 Å². The zero-order chi connectivity index (χ0) is 24.8. The fourth-order valence-corrected chi connectivity index (χ4v) is 4.90. The second-order valence-electron chi connectivity index (χ2n) is 8.90. The van der Waals surface area contributed by atoms with E-state index in [0.717, 1.165) is 36.2 Å². The Labute approximate surface area is 204 Å². The molecule has 0 bridgehead atoms. The fourth-order valence-electron chi connectivity index (χ4n) is 4.90. The summed E-state index contributed by atoms with van der Waals surface area (Å²) in [4.78, 5) is 28.2. The van der Waals surface area contributed by atoms with Gasteiger partial charge in [0.05, 0.1) is 41.1 Å². The summed E-state index contributed by atoms with van der Waals surface area (Å²) in [5, 5.41) is 16.3. The lowest BCUT2D eigenvalue weighted by molar-refractivity contribution is 0.0746. The maximum absolute atomic E-state index is 13.4. The molecule has 0 aliphatic carbocycles. The Morgan fingerprint density at radius 1 is 1.08 bits per heavy atom. The van der Waals surface area contributed by atoms with Gasteiger partial charge in [0, 0.05) is 48.5 Å². The van der Waals surface area contributed by atoms with Gasteiger partial charge in [-0.1, -0.05) is 0 Å². The molecule has 0 aromatic carbocycles. The molecule has 0 saturated carbocycles. The van der Waals surface area contributed by atoms with E-state index in [1.807, 2.05) is 12.1 Å². The van der Waals surface area contributed by atoms with Gasteiger partial charge in [-0.25, -0.2) is 9.97 Å². The van der Waals surface area contributed by atoms with Crippen molar-refractivity contribution in [2.45, 2.75) is 32.0 Å². The second kappa shape index (κ2) is 8.83. The number of hydrogen-bond donors (Lipinski definition) is 3. The van der Waals surface area contributed by atoms with E-state index in [1.165, 1.54) is 12.4 Å². The first-order chi connectivity index (χ1) is 17.5. The van der Waals surface area contributed by atoms with Gasteiger partial charge in [-0.15, -0.1) is 0 Å². The molecule has 2 aliphatic rings. The molecule has 3 N–H and O–H groups in total. The average Bonchev–Trinajstić information content (AvgIpc) is 3.50. The number of fused-ring (bicyclic) bond motifs is 2. The lowest BCUT2D eigenvalue weighted by atomic mass is 10.0. The van der Waals surface area contributed by atoms with Crippen LogP contribution < -0.4 is 15.5 Å². The maximum atomic E-state index is 13.4. The topological polar surface area (TPSA) is 108 Å². The lowest BCUT2D eigenvalue weighted by Crippen LogP contribution is -2.35. The number of pyridine rings is 3. The van der Waals surface area contributed by atoms with E-state index in [0.29, 0.717) is 39.3 Å². The van der Waals surface area contributed by atoms with Crippen molar-refractivity contribution in [2.75, 3.05) is 23.3 Å². The number of aromatic nitrogens is 4. The minimum atomic E-state index is -2.71. The number of halogens is 2. The quantitative estimate of drug-likeness (QED) is 0.389. The number of aliphatic hydroxyl groups is 1. The van der Waals surface area contributed by atoms with E-state index in [4.69, 9.17) is 0 Å². The number of rotatable bonds is 5. The highest BCUT2D eigenvalue weighted by molar-refractivity contribution is 6.06. The number of alkyl halides is 2. The molecule has 1 amide bonds. The highest BCUT2D eigenvalue weighted by atomic mass is 19.3. The number of nitrogens with zero attached hydrogens (tertiary/aromatic N) is 5. The number of piperidine rings is 1. The molecule has 0 atom stereocenters. The van der Waals surface area contributed by atoms with E-state index in [-0.39, 0.29) is 24.2 Å². The Hall–Kier alpha value is -4.12. The van der Waals surface area contributed by atoms with Crippen LogP contribution in [0.25, 0.3) is 22.3 Å². The zero-order valence-corrected chi connectivity index (χ0v) is 19.2. The largest absolute Gasteiger partial charge is 0.393 e. The molecular weight excluding hydrogens is 468 g/mol. The molecule has 11 heteroatoms. The smallest absolute Gasteiger partial charge is 0.320 e. The molecule has 4 aromatic heterocycles. The first-order valence-corrected chi connectivity index (χ1v) is 11.7. The fraction of sp³-hybridized carbons (Fsp3) is 0.280. The third-order valence-electron chi connectivity index (χ3n) is 6.75. The van der Waals surface area contributed by atoms with E-state index >= 15 is 0 Å². The van der Waals surface area contributed by atoms with Gasteiger partial charge in [-0.3, -0.25) is 14.3 Å². The number of amides is 1. The monoisotopic (exact) mass is 491 g/mol. The molecular formula is C25H23F2N7O2. The third kappa shape index (κ3) is 3.81. The summed E-state index contributed by atoms with van der Waals surface area (Å²) in [6, 6.07) is 7.10. The summed E-state index contributed by atoms with van der Waals surface area (Å²) < 4.78 is 27.5. The molecule has 0 unspecified atom stereocenters. The molecule has 6 rings (SSSR count). The summed E-state index contributed by atoms with van der Waals surface area (Å²) in [5.74, 6) is 0.322. The summed E-state index contributed by atoms with van der Waals surface area (Å²) in [7, 11) is 0. The molecule has 6 heterocycles. The van der Waals surface area contributed by atoms with Crippen LogP contribution >= 0.6 is 0 Å². The van der Waals surface area contributed by atoms with E-state index in [1.54, 1.807) is 24.5 Å². The molecule has 36 heavy (non-hydrogen) atoms. The molecule has 9 nitrogen and oxygen atoms in total. The number of nitrogens with one attached hydrogen (secondary N) is 2. The van der Waals surface area contributed by atoms with Crippen LogP contribution in [0.5, 0.6) is 0 Å². The van der Waals surface area contributed by atoms with Crippen molar-refractivity contribution in [1.82, 2.24) is 24.8 Å². The summed E-state index contributed by atoms with van der Waals surface area (Å²) in [6.45, 7) is -0.882. The van der Waals surface area contributed by atoms with E-state index < -0.39 is 6.55 Å². The van der Waals surface area contributed by atoms with Gasteiger partial charge in [-0.2, -0.15) is 8.78 Å². The lowest BCUT2D eigenvalue weighted by Gasteiger charge is -2.31. The molecule has 2 aliphatic heterocycles. The first kappa shape index (κ1) is 22.4. The minimum absolute atomic E-state index is 0.157. The molecule has 0 radical (unpaired) electrons. The minimum Gasteiger partial charge on any atom is -0.393 e. The predicted octanol–water partition coefficient (Wildman–Crippen LogP) is 3.84.